The number of ketones is 1. The number of hydrogen-bond donors (Lipinski definition) is 0. The lowest BCUT2D eigenvalue weighted by Crippen LogP contribution is -2.26. The van der Waals surface area contributed by atoms with Gasteiger partial charge in [-0.2, -0.15) is 0 Å². The Morgan fingerprint density at radius 3 is 2.15 bits per heavy atom. The first-order valence-corrected chi connectivity index (χ1v) is 9.72. The second kappa shape index (κ2) is 9.19. The van der Waals surface area contributed by atoms with E-state index in [-0.39, 0.29) is 11.7 Å². The minimum absolute atomic E-state index is 0.0318. The van der Waals surface area contributed by atoms with Crippen LogP contribution in [0.5, 0.6) is 0 Å². The maximum Gasteiger partial charge on any atom is 0.253 e. The van der Waals surface area contributed by atoms with Crippen molar-refractivity contribution in [2.45, 2.75) is 11.4 Å². The number of rotatable bonds is 7. The van der Waals surface area contributed by atoms with E-state index in [1.165, 1.54) is 11.8 Å². The molecule has 3 aromatic rings. The molecule has 136 valence electrons. The Morgan fingerprint density at radius 2 is 1.44 bits per heavy atom. The Hall–Kier alpha value is -2.85. The average Bonchev–Trinajstić information content (AvgIpc) is 2.73. The molecule has 0 aliphatic carbocycles. The zero-order valence-electron chi connectivity index (χ0n) is 15.2. The molecule has 0 atom stereocenters. The Bertz CT molecular complexity index is 910. The molecule has 27 heavy (non-hydrogen) atoms. The smallest absolute Gasteiger partial charge is 0.253 e. The first-order valence-electron chi connectivity index (χ1n) is 8.74. The fraction of sp³-hybridized carbons (Fsp3) is 0.130. The molecule has 0 fully saturated rings. The molecule has 3 nitrogen and oxygen atoms in total. The highest BCUT2D eigenvalue weighted by Crippen LogP contribution is 2.21. The summed E-state index contributed by atoms with van der Waals surface area (Å²) in [4.78, 5) is 27.6. The van der Waals surface area contributed by atoms with E-state index >= 15 is 0 Å². The van der Waals surface area contributed by atoms with E-state index in [1.807, 2.05) is 84.9 Å². The number of thioether (sulfide) groups is 1. The molecule has 0 heterocycles. The predicted molar refractivity (Wildman–Crippen MR) is 110 cm³/mol. The summed E-state index contributed by atoms with van der Waals surface area (Å²) in [6.45, 7) is 0.559. The van der Waals surface area contributed by atoms with Crippen LogP contribution < -0.4 is 0 Å². The molecular weight excluding hydrogens is 354 g/mol. The van der Waals surface area contributed by atoms with Crippen LogP contribution in [0.1, 0.15) is 26.3 Å². The van der Waals surface area contributed by atoms with Crippen LogP contribution in [0.15, 0.2) is 89.8 Å². The van der Waals surface area contributed by atoms with Gasteiger partial charge < -0.3 is 4.90 Å². The molecule has 0 aromatic heterocycles. The second-order valence-corrected chi connectivity index (χ2v) is 7.30. The van der Waals surface area contributed by atoms with Gasteiger partial charge in [0.05, 0.1) is 5.75 Å². The first kappa shape index (κ1) is 18.9. The molecule has 0 saturated carbocycles. The van der Waals surface area contributed by atoms with E-state index in [4.69, 9.17) is 0 Å². The second-order valence-electron chi connectivity index (χ2n) is 6.25. The summed E-state index contributed by atoms with van der Waals surface area (Å²) >= 11 is 1.45. The largest absolute Gasteiger partial charge is 0.337 e. The number of carbonyl (C=O) groups is 2. The van der Waals surface area contributed by atoms with Gasteiger partial charge in [-0.25, -0.2) is 0 Å². The molecule has 0 N–H and O–H groups in total. The molecule has 0 radical (unpaired) electrons. The number of nitrogens with zero attached hydrogens (tertiary/aromatic N) is 1. The number of Topliss-reactive ketones (excluding diaryl/α,β-unsaturated/α-hetero) is 1. The molecular formula is C23H21NO2S. The van der Waals surface area contributed by atoms with Gasteiger partial charge in [-0.3, -0.25) is 9.59 Å². The summed E-state index contributed by atoms with van der Waals surface area (Å²) in [5.74, 6) is 0.399. The molecule has 4 heteroatoms. The van der Waals surface area contributed by atoms with Crippen LogP contribution in [-0.2, 0) is 6.54 Å². The fourth-order valence-corrected chi connectivity index (χ4v) is 3.57. The molecule has 0 spiro atoms. The lowest BCUT2D eigenvalue weighted by Gasteiger charge is -2.17. The third-order valence-corrected chi connectivity index (χ3v) is 5.15. The molecule has 0 bridgehead atoms. The van der Waals surface area contributed by atoms with E-state index < -0.39 is 0 Å². The van der Waals surface area contributed by atoms with Gasteiger partial charge in [-0.15, -0.1) is 11.8 Å². The highest BCUT2D eigenvalue weighted by molar-refractivity contribution is 8.00. The zero-order valence-corrected chi connectivity index (χ0v) is 16.0. The van der Waals surface area contributed by atoms with Crippen molar-refractivity contribution in [2.24, 2.45) is 0 Å². The minimum Gasteiger partial charge on any atom is -0.337 e. The van der Waals surface area contributed by atoms with E-state index in [0.29, 0.717) is 23.4 Å². The highest BCUT2D eigenvalue weighted by atomic mass is 32.2. The molecule has 0 unspecified atom stereocenters. The van der Waals surface area contributed by atoms with E-state index in [2.05, 4.69) is 0 Å². The van der Waals surface area contributed by atoms with Crippen LogP contribution in [0.2, 0.25) is 0 Å². The summed E-state index contributed by atoms with van der Waals surface area (Å²) in [5.41, 5.74) is 2.43. The molecule has 3 aromatic carbocycles. The molecule has 1 amide bonds. The molecule has 0 saturated heterocycles. The molecule has 3 rings (SSSR count). The normalized spacial score (nSPS) is 10.4. The van der Waals surface area contributed by atoms with Crippen LogP contribution in [-0.4, -0.2) is 29.4 Å². The fourth-order valence-electron chi connectivity index (χ4n) is 2.72. The third-order valence-electron chi connectivity index (χ3n) is 4.16. The highest BCUT2D eigenvalue weighted by Gasteiger charge is 2.13. The number of benzene rings is 3. The van der Waals surface area contributed by atoms with Crippen molar-refractivity contribution < 1.29 is 9.59 Å². The Balaban J connectivity index is 1.62. The van der Waals surface area contributed by atoms with E-state index in [0.717, 1.165) is 10.5 Å². The summed E-state index contributed by atoms with van der Waals surface area (Å²) in [6, 6.07) is 26.6. The molecule has 0 aliphatic heterocycles. The van der Waals surface area contributed by atoms with Crippen molar-refractivity contribution >= 4 is 23.5 Å². The summed E-state index contributed by atoms with van der Waals surface area (Å²) < 4.78 is 0. The van der Waals surface area contributed by atoms with E-state index in [9.17, 15) is 9.59 Å². The summed E-state index contributed by atoms with van der Waals surface area (Å²) in [6.07, 6.45) is 0. The topological polar surface area (TPSA) is 37.4 Å². The standard InChI is InChI=1S/C23H21NO2S/c1-24(16-18-9-4-2-5-10-18)23(26)20-13-8-14-21(15-20)27-17-22(25)19-11-6-3-7-12-19/h2-15H,16-17H2,1H3. The summed E-state index contributed by atoms with van der Waals surface area (Å²) in [5, 5.41) is 0. The lowest BCUT2D eigenvalue weighted by atomic mass is 10.1. The van der Waals surface area contributed by atoms with Crippen molar-refractivity contribution in [3.05, 3.63) is 102 Å². The summed E-state index contributed by atoms with van der Waals surface area (Å²) in [7, 11) is 1.80. The average molecular weight is 375 g/mol. The monoisotopic (exact) mass is 375 g/mol. The van der Waals surface area contributed by atoms with Crippen LogP contribution in [0.4, 0.5) is 0 Å². The number of carbonyl (C=O) groups excluding carboxylic acids is 2. The van der Waals surface area contributed by atoms with Crippen LogP contribution >= 0.6 is 11.8 Å². The zero-order chi connectivity index (χ0) is 19.1. The first-order chi connectivity index (χ1) is 13.1. The van der Waals surface area contributed by atoms with Gasteiger partial charge in [-0.1, -0.05) is 66.7 Å². The lowest BCUT2D eigenvalue weighted by molar-refractivity contribution is 0.0784. The third kappa shape index (κ3) is 5.31. The van der Waals surface area contributed by atoms with Crippen molar-refractivity contribution in [3.8, 4) is 0 Å². The molecule has 0 aliphatic rings. The SMILES string of the molecule is CN(Cc1ccccc1)C(=O)c1cccc(SCC(=O)c2ccccc2)c1. The van der Waals surface area contributed by atoms with Crippen molar-refractivity contribution in [1.29, 1.82) is 0 Å². The van der Waals surface area contributed by atoms with Gasteiger partial charge in [0.25, 0.3) is 5.91 Å². The Morgan fingerprint density at radius 1 is 0.815 bits per heavy atom. The van der Waals surface area contributed by atoms with Gasteiger partial charge in [0.15, 0.2) is 5.78 Å². The number of hydrogen-bond acceptors (Lipinski definition) is 3. The maximum atomic E-state index is 12.7. The van der Waals surface area contributed by atoms with Crippen LogP contribution in [0.25, 0.3) is 0 Å². The Kier molecular flexibility index (Phi) is 6.44. The van der Waals surface area contributed by atoms with Gasteiger partial charge in [0.2, 0.25) is 0 Å². The maximum absolute atomic E-state index is 12.7. The predicted octanol–water partition coefficient (Wildman–Crippen LogP) is 4.93. The minimum atomic E-state index is -0.0318. The number of amides is 1. The quantitative estimate of drug-likeness (QED) is 0.434. The van der Waals surface area contributed by atoms with Crippen molar-refractivity contribution in [2.75, 3.05) is 12.8 Å². The van der Waals surface area contributed by atoms with Gasteiger partial charge in [0, 0.05) is 29.6 Å². The van der Waals surface area contributed by atoms with Gasteiger partial charge in [0.1, 0.15) is 0 Å². The van der Waals surface area contributed by atoms with Crippen molar-refractivity contribution in [1.82, 2.24) is 4.90 Å². The van der Waals surface area contributed by atoms with Gasteiger partial charge in [-0.05, 0) is 23.8 Å². The van der Waals surface area contributed by atoms with Gasteiger partial charge >= 0.3 is 0 Å². The van der Waals surface area contributed by atoms with Crippen LogP contribution in [0.3, 0.4) is 0 Å². The van der Waals surface area contributed by atoms with Crippen molar-refractivity contribution in [3.63, 3.8) is 0 Å². The Labute approximate surface area is 164 Å². The van der Waals surface area contributed by atoms with E-state index in [1.54, 1.807) is 11.9 Å². The van der Waals surface area contributed by atoms with Crippen LogP contribution in [0, 0.1) is 0 Å².